The van der Waals surface area contributed by atoms with E-state index in [1.807, 2.05) is 30.0 Å². The van der Waals surface area contributed by atoms with E-state index < -0.39 is 5.54 Å². The third kappa shape index (κ3) is 3.68. The van der Waals surface area contributed by atoms with Crippen LogP contribution in [0.4, 0.5) is 0 Å². The fourth-order valence-electron chi connectivity index (χ4n) is 5.16. The highest BCUT2D eigenvalue weighted by Crippen LogP contribution is 2.40. The Morgan fingerprint density at radius 3 is 2.72 bits per heavy atom. The molecular weight excluding hydrogens is 366 g/mol. The Hall–Kier alpha value is -2.63. The Bertz CT molecular complexity index is 888. The van der Waals surface area contributed by atoms with Crippen LogP contribution in [0.2, 0.25) is 0 Å². The molecule has 0 saturated carbocycles. The van der Waals surface area contributed by atoms with Gasteiger partial charge in [-0.2, -0.15) is 0 Å². The molecular formula is C23H29N3O3. The van der Waals surface area contributed by atoms with Gasteiger partial charge in [-0.25, -0.2) is 0 Å². The molecule has 3 heterocycles. The van der Waals surface area contributed by atoms with Crippen LogP contribution in [-0.4, -0.2) is 39.5 Å². The number of aromatic nitrogens is 1. The minimum absolute atomic E-state index is 0.00648. The molecule has 4 rings (SSSR count). The van der Waals surface area contributed by atoms with Gasteiger partial charge < -0.3 is 14.7 Å². The third-order valence-electron chi connectivity index (χ3n) is 6.48. The molecule has 0 radical (unpaired) electrons. The van der Waals surface area contributed by atoms with E-state index in [-0.39, 0.29) is 23.9 Å². The molecule has 0 unspecified atom stereocenters. The fraction of sp³-hybridized carbons (Fsp3) is 0.522. The quantitative estimate of drug-likeness (QED) is 0.862. The van der Waals surface area contributed by atoms with Gasteiger partial charge in [0.1, 0.15) is 11.3 Å². The molecule has 1 N–H and O–H groups in total. The van der Waals surface area contributed by atoms with E-state index in [4.69, 9.17) is 4.52 Å². The maximum atomic E-state index is 13.7. The number of aryl methyl sites for hydroxylation is 2. The van der Waals surface area contributed by atoms with E-state index >= 15 is 0 Å². The van der Waals surface area contributed by atoms with Gasteiger partial charge >= 0.3 is 0 Å². The molecule has 1 aromatic carbocycles. The lowest BCUT2D eigenvalue weighted by Gasteiger charge is -2.38. The molecule has 0 bridgehead atoms. The molecule has 2 aliphatic rings. The van der Waals surface area contributed by atoms with Gasteiger partial charge in [0.05, 0.1) is 17.3 Å². The van der Waals surface area contributed by atoms with Gasteiger partial charge in [-0.05, 0) is 52.0 Å². The minimum atomic E-state index is -0.425. The zero-order valence-electron chi connectivity index (χ0n) is 17.4. The van der Waals surface area contributed by atoms with E-state index in [1.54, 1.807) is 6.92 Å². The summed E-state index contributed by atoms with van der Waals surface area (Å²) in [5.41, 5.74) is 1.94. The van der Waals surface area contributed by atoms with Gasteiger partial charge in [0.25, 0.3) is 5.91 Å². The molecule has 6 nitrogen and oxygen atoms in total. The van der Waals surface area contributed by atoms with Crippen LogP contribution < -0.4 is 5.32 Å². The number of amides is 2. The summed E-state index contributed by atoms with van der Waals surface area (Å²) in [5, 5.41) is 7.25. The first-order valence-electron chi connectivity index (χ1n) is 10.5. The van der Waals surface area contributed by atoms with Crippen LogP contribution >= 0.6 is 0 Å². The number of nitrogens with zero attached hydrogens (tertiary/aromatic N) is 2. The third-order valence-corrected chi connectivity index (χ3v) is 6.48. The molecule has 2 aromatic rings. The lowest BCUT2D eigenvalue weighted by molar-refractivity contribution is -0.123. The van der Waals surface area contributed by atoms with Crippen molar-refractivity contribution in [1.82, 2.24) is 15.4 Å². The predicted molar refractivity (Wildman–Crippen MR) is 110 cm³/mol. The Morgan fingerprint density at radius 2 is 2.03 bits per heavy atom. The SMILES string of the molecule is Cc1noc(C)c1C(=O)N1[C@H](Cc2ccccc2)C[C@]2(C)NC(=O)CCCC[C@H]12. The zero-order chi connectivity index (χ0) is 20.6. The van der Waals surface area contributed by atoms with Crippen molar-refractivity contribution < 1.29 is 14.1 Å². The van der Waals surface area contributed by atoms with E-state index in [0.29, 0.717) is 23.4 Å². The Balaban J connectivity index is 1.73. The number of carbonyl (C=O) groups is 2. The maximum absolute atomic E-state index is 13.7. The number of carbonyl (C=O) groups excluding carboxylic acids is 2. The first kappa shape index (κ1) is 19.7. The van der Waals surface area contributed by atoms with Crippen molar-refractivity contribution in [1.29, 1.82) is 0 Å². The second-order valence-corrected chi connectivity index (χ2v) is 8.69. The summed E-state index contributed by atoms with van der Waals surface area (Å²) in [4.78, 5) is 28.2. The number of hydrogen-bond acceptors (Lipinski definition) is 4. The van der Waals surface area contributed by atoms with Crippen LogP contribution in [0.5, 0.6) is 0 Å². The highest BCUT2D eigenvalue weighted by Gasteiger charge is 2.52. The van der Waals surface area contributed by atoms with Crippen LogP contribution in [0.25, 0.3) is 0 Å². The predicted octanol–water partition coefficient (Wildman–Crippen LogP) is 3.57. The van der Waals surface area contributed by atoms with Crippen LogP contribution in [-0.2, 0) is 11.2 Å². The first-order chi connectivity index (χ1) is 13.9. The van der Waals surface area contributed by atoms with E-state index in [9.17, 15) is 9.59 Å². The number of hydrogen-bond donors (Lipinski definition) is 1. The van der Waals surface area contributed by atoms with Gasteiger partial charge in [-0.3, -0.25) is 9.59 Å². The summed E-state index contributed by atoms with van der Waals surface area (Å²) < 4.78 is 5.29. The monoisotopic (exact) mass is 395 g/mol. The van der Waals surface area contributed by atoms with Crippen molar-refractivity contribution in [2.75, 3.05) is 0 Å². The Labute approximate surface area is 171 Å². The average Bonchev–Trinajstić information content (AvgIpc) is 3.13. The average molecular weight is 396 g/mol. The van der Waals surface area contributed by atoms with E-state index in [2.05, 4.69) is 29.5 Å². The molecule has 29 heavy (non-hydrogen) atoms. The number of fused-ring (bicyclic) bond motifs is 1. The second-order valence-electron chi connectivity index (χ2n) is 8.69. The fourth-order valence-corrected chi connectivity index (χ4v) is 5.16. The van der Waals surface area contributed by atoms with Gasteiger partial charge in [-0.1, -0.05) is 41.9 Å². The van der Waals surface area contributed by atoms with Crippen LogP contribution in [0.3, 0.4) is 0 Å². The number of nitrogens with one attached hydrogen (secondary N) is 1. The van der Waals surface area contributed by atoms with Crippen molar-refractivity contribution in [3.05, 3.63) is 52.9 Å². The highest BCUT2D eigenvalue weighted by molar-refractivity contribution is 5.97. The van der Waals surface area contributed by atoms with Gasteiger partial charge in [0, 0.05) is 12.5 Å². The number of likely N-dealkylation sites (tertiary alicyclic amines) is 1. The lowest BCUT2D eigenvalue weighted by Crippen LogP contribution is -2.56. The summed E-state index contributed by atoms with van der Waals surface area (Å²) in [6.07, 6.45) is 4.75. The van der Waals surface area contributed by atoms with E-state index in [1.165, 1.54) is 5.56 Å². The second kappa shape index (κ2) is 7.65. The maximum Gasteiger partial charge on any atom is 0.259 e. The molecule has 6 heteroatoms. The smallest absolute Gasteiger partial charge is 0.259 e. The molecule has 1 aromatic heterocycles. The molecule has 2 saturated heterocycles. The number of benzene rings is 1. The van der Waals surface area contributed by atoms with E-state index in [0.717, 1.165) is 32.1 Å². The lowest BCUT2D eigenvalue weighted by atomic mass is 9.85. The molecule has 3 atom stereocenters. The molecule has 2 aliphatic heterocycles. The molecule has 0 aliphatic carbocycles. The molecule has 2 fully saturated rings. The number of rotatable bonds is 3. The van der Waals surface area contributed by atoms with Gasteiger partial charge in [0.2, 0.25) is 5.91 Å². The highest BCUT2D eigenvalue weighted by atomic mass is 16.5. The molecule has 154 valence electrons. The Kier molecular flexibility index (Phi) is 5.19. The summed E-state index contributed by atoms with van der Waals surface area (Å²) >= 11 is 0. The van der Waals surface area contributed by atoms with Crippen LogP contribution in [0.15, 0.2) is 34.9 Å². The Morgan fingerprint density at radius 1 is 1.28 bits per heavy atom. The van der Waals surface area contributed by atoms with Crippen molar-refractivity contribution in [3.8, 4) is 0 Å². The van der Waals surface area contributed by atoms with Crippen LogP contribution in [0.1, 0.15) is 66.4 Å². The first-order valence-corrected chi connectivity index (χ1v) is 10.5. The summed E-state index contributed by atoms with van der Waals surface area (Å²) in [7, 11) is 0. The van der Waals surface area contributed by atoms with Crippen molar-refractivity contribution in [2.45, 2.75) is 76.9 Å². The van der Waals surface area contributed by atoms with Gasteiger partial charge in [-0.15, -0.1) is 0 Å². The molecule has 0 spiro atoms. The van der Waals surface area contributed by atoms with Crippen molar-refractivity contribution in [3.63, 3.8) is 0 Å². The zero-order valence-corrected chi connectivity index (χ0v) is 17.4. The summed E-state index contributed by atoms with van der Waals surface area (Å²) in [6, 6.07) is 10.2. The van der Waals surface area contributed by atoms with Crippen molar-refractivity contribution >= 4 is 11.8 Å². The van der Waals surface area contributed by atoms with Crippen LogP contribution in [0, 0.1) is 13.8 Å². The standard InChI is InChI=1S/C23H29N3O3/c1-15-21(16(2)29-25-15)22(28)26-18(13-17-9-5-4-6-10-17)14-23(3)19(26)11-7-8-12-20(27)24-23/h4-6,9-10,18-19H,7-8,11-14H2,1-3H3,(H,24,27)/t18-,19+,23+/m1/s1. The largest absolute Gasteiger partial charge is 0.361 e. The molecule has 2 amide bonds. The summed E-state index contributed by atoms with van der Waals surface area (Å²) in [5.74, 6) is 0.600. The van der Waals surface area contributed by atoms with Crippen molar-refractivity contribution in [2.24, 2.45) is 0 Å². The summed E-state index contributed by atoms with van der Waals surface area (Å²) in [6.45, 7) is 5.69. The minimum Gasteiger partial charge on any atom is -0.361 e. The topological polar surface area (TPSA) is 75.4 Å². The van der Waals surface area contributed by atoms with Gasteiger partial charge in [0.15, 0.2) is 0 Å². The normalized spacial score (nSPS) is 27.1.